The van der Waals surface area contributed by atoms with Crippen LogP contribution >= 0.6 is 0 Å². The summed E-state index contributed by atoms with van der Waals surface area (Å²) in [6.07, 6.45) is 3.16. The van der Waals surface area contributed by atoms with Gasteiger partial charge in [0.2, 0.25) is 5.91 Å². The van der Waals surface area contributed by atoms with Crippen LogP contribution in [0.4, 0.5) is 0 Å². The van der Waals surface area contributed by atoms with Gasteiger partial charge >= 0.3 is 0 Å². The maximum absolute atomic E-state index is 13.2. The maximum Gasteiger partial charge on any atom is 0.224 e. The van der Waals surface area contributed by atoms with Crippen LogP contribution in [-0.2, 0) is 35.3 Å². The van der Waals surface area contributed by atoms with Gasteiger partial charge in [-0.3, -0.25) is 24.0 Å². The molecule has 200 valence electrons. The number of amides is 1. The van der Waals surface area contributed by atoms with Crippen LogP contribution in [0.5, 0.6) is 0 Å². The van der Waals surface area contributed by atoms with E-state index in [1.807, 2.05) is 20.8 Å². The highest BCUT2D eigenvalue weighted by Crippen LogP contribution is 2.31. The molecule has 0 saturated carbocycles. The molecule has 0 spiro atoms. The van der Waals surface area contributed by atoms with Crippen LogP contribution in [0.1, 0.15) is 65.5 Å². The molecular formula is C26H40N4O6. The van der Waals surface area contributed by atoms with Crippen LogP contribution < -0.4 is 0 Å². The first kappa shape index (κ1) is 29.5. The van der Waals surface area contributed by atoms with Gasteiger partial charge in [0.25, 0.3) is 0 Å². The lowest BCUT2D eigenvalue weighted by Crippen LogP contribution is -2.32. The number of aryl methyl sites for hydroxylation is 1. The third-order valence-corrected chi connectivity index (χ3v) is 7.11. The number of hydrogen-bond donors (Lipinski definition) is 0. The quantitative estimate of drug-likeness (QED) is 0.313. The zero-order chi connectivity index (χ0) is 26.8. The Labute approximate surface area is 213 Å². The molecule has 36 heavy (non-hydrogen) atoms. The summed E-state index contributed by atoms with van der Waals surface area (Å²) in [5.41, 5.74) is 0.814. The van der Waals surface area contributed by atoms with E-state index in [2.05, 4.69) is 10.3 Å². The van der Waals surface area contributed by atoms with Crippen molar-refractivity contribution in [3.05, 3.63) is 11.9 Å². The van der Waals surface area contributed by atoms with Crippen molar-refractivity contribution in [2.24, 2.45) is 23.7 Å². The number of ketones is 4. The minimum atomic E-state index is -0.657. The van der Waals surface area contributed by atoms with E-state index in [9.17, 15) is 24.0 Å². The highest BCUT2D eigenvalue weighted by Gasteiger charge is 2.43. The zero-order valence-corrected chi connectivity index (χ0v) is 22.2. The van der Waals surface area contributed by atoms with Gasteiger partial charge in [-0.25, -0.2) is 4.68 Å². The Hall–Kier alpha value is -2.75. The number of nitrogens with zero attached hydrogens (tertiary/aromatic N) is 4. The van der Waals surface area contributed by atoms with E-state index in [0.717, 1.165) is 5.69 Å². The normalized spacial score (nSPS) is 19.2. The van der Waals surface area contributed by atoms with Gasteiger partial charge in [-0.15, -0.1) is 5.10 Å². The zero-order valence-electron chi connectivity index (χ0n) is 22.2. The number of carbonyl (C=O) groups is 5. The largest absolute Gasteiger partial charge is 0.379 e. The van der Waals surface area contributed by atoms with Crippen molar-refractivity contribution in [3.63, 3.8) is 0 Å². The van der Waals surface area contributed by atoms with Crippen LogP contribution in [0.2, 0.25) is 0 Å². The number of aromatic nitrogens is 3. The third-order valence-electron chi connectivity index (χ3n) is 7.11. The Kier molecular flexibility index (Phi) is 11.6. The van der Waals surface area contributed by atoms with E-state index >= 15 is 0 Å². The van der Waals surface area contributed by atoms with Gasteiger partial charge in [-0.2, -0.15) is 0 Å². The van der Waals surface area contributed by atoms with Crippen molar-refractivity contribution >= 4 is 29.0 Å². The first-order valence-corrected chi connectivity index (χ1v) is 12.9. The molecule has 10 heteroatoms. The fraction of sp³-hybridized carbons (Fsp3) is 0.731. The highest BCUT2D eigenvalue weighted by molar-refractivity contribution is 5.95. The lowest BCUT2D eigenvalue weighted by Gasteiger charge is -2.20. The molecule has 4 atom stereocenters. The van der Waals surface area contributed by atoms with Crippen molar-refractivity contribution in [1.82, 2.24) is 19.9 Å². The fourth-order valence-corrected chi connectivity index (χ4v) is 4.68. The molecule has 0 bridgehead atoms. The lowest BCUT2D eigenvalue weighted by molar-refractivity contribution is -0.134. The molecule has 1 fully saturated rings. The Morgan fingerprint density at radius 3 is 1.89 bits per heavy atom. The van der Waals surface area contributed by atoms with Crippen LogP contribution in [0.15, 0.2) is 6.20 Å². The fourth-order valence-electron chi connectivity index (χ4n) is 4.68. The summed E-state index contributed by atoms with van der Waals surface area (Å²) in [6, 6.07) is 0. The van der Waals surface area contributed by atoms with Crippen LogP contribution in [0, 0.1) is 30.6 Å². The summed E-state index contributed by atoms with van der Waals surface area (Å²) in [4.78, 5) is 64.6. The van der Waals surface area contributed by atoms with Crippen LogP contribution in [0.25, 0.3) is 0 Å². The third kappa shape index (κ3) is 8.43. The summed E-state index contributed by atoms with van der Waals surface area (Å²) >= 11 is 0. The summed E-state index contributed by atoms with van der Waals surface area (Å²) in [6.45, 7) is 9.92. The van der Waals surface area contributed by atoms with Gasteiger partial charge < -0.3 is 9.64 Å². The number of rotatable bonds is 16. The minimum absolute atomic E-state index is 0.0551. The topological polar surface area (TPSA) is 129 Å². The molecule has 0 aromatic carbocycles. The van der Waals surface area contributed by atoms with Crippen molar-refractivity contribution in [1.29, 1.82) is 0 Å². The number of carbonyl (C=O) groups excluding carboxylic acids is 5. The van der Waals surface area contributed by atoms with Crippen molar-refractivity contribution in [2.45, 2.75) is 73.3 Å². The van der Waals surface area contributed by atoms with Crippen molar-refractivity contribution in [2.75, 3.05) is 26.3 Å². The van der Waals surface area contributed by atoms with Crippen LogP contribution in [0.3, 0.4) is 0 Å². The Morgan fingerprint density at radius 1 is 0.944 bits per heavy atom. The monoisotopic (exact) mass is 504 g/mol. The van der Waals surface area contributed by atoms with Gasteiger partial charge in [-0.05, 0) is 33.6 Å². The molecule has 4 unspecified atom stereocenters. The van der Waals surface area contributed by atoms with E-state index in [-0.39, 0.29) is 79.8 Å². The van der Waals surface area contributed by atoms with E-state index in [0.29, 0.717) is 26.0 Å². The number of likely N-dealkylation sites (tertiary alicyclic amines) is 1. The van der Waals surface area contributed by atoms with Crippen LogP contribution in [-0.4, -0.2) is 75.2 Å². The molecule has 0 N–H and O–H groups in total. The average molecular weight is 505 g/mol. The summed E-state index contributed by atoms with van der Waals surface area (Å²) in [7, 11) is 0. The Bertz CT molecular complexity index is 899. The molecular weight excluding hydrogens is 464 g/mol. The molecule has 0 radical (unpaired) electrons. The van der Waals surface area contributed by atoms with E-state index in [1.165, 1.54) is 13.8 Å². The molecule has 0 aliphatic carbocycles. The first-order chi connectivity index (χ1) is 17.1. The average Bonchev–Trinajstić information content (AvgIpc) is 3.46. The van der Waals surface area contributed by atoms with Crippen molar-refractivity contribution in [3.8, 4) is 0 Å². The summed E-state index contributed by atoms with van der Waals surface area (Å²) < 4.78 is 7.23. The SMILES string of the molecule is CCC(CC(=O)C1CN(C(=O)CCOCCn2cc(C)nn2)CC1C(=O)CC(CC)C(C)=O)C(C)=O. The first-order valence-electron chi connectivity index (χ1n) is 12.9. The molecule has 10 nitrogen and oxygen atoms in total. The molecule has 1 aromatic rings. The molecule has 1 amide bonds. The number of Topliss-reactive ketones (excluding diaryl/α,β-unsaturated/α-hetero) is 4. The predicted octanol–water partition coefficient (Wildman–Crippen LogP) is 2.22. The standard InChI is InChI=1S/C26H40N4O6/c1-6-20(18(4)31)12-24(33)22-15-29(16-23(22)25(34)13-21(7-2)19(5)32)26(35)8-10-36-11-9-30-14-17(3)27-28-30/h14,20-23H,6-13,15-16H2,1-5H3. The second-order valence-electron chi connectivity index (χ2n) is 9.77. The molecule has 1 saturated heterocycles. The molecule has 1 aliphatic rings. The number of ether oxygens (including phenoxy) is 1. The van der Waals surface area contributed by atoms with Crippen molar-refractivity contribution < 1.29 is 28.7 Å². The summed E-state index contributed by atoms with van der Waals surface area (Å²) in [5, 5.41) is 7.85. The molecule has 1 aromatic heterocycles. The Balaban J connectivity index is 1.99. The second kappa shape index (κ2) is 14.1. The molecule has 1 aliphatic heterocycles. The highest BCUT2D eigenvalue weighted by atomic mass is 16.5. The molecule has 2 heterocycles. The summed E-state index contributed by atoms with van der Waals surface area (Å²) in [5.74, 6) is -2.71. The van der Waals surface area contributed by atoms with Gasteiger partial charge in [0, 0.05) is 55.8 Å². The Morgan fingerprint density at radius 2 is 1.47 bits per heavy atom. The number of hydrogen-bond acceptors (Lipinski definition) is 8. The van der Waals surface area contributed by atoms with Gasteiger partial charge in [0.15, 0.2) is 0 Å². The minimum Gasteiger partial charge on any atom is -0.379 e. The van der Waals surface area contributed by atoms with E-state index in [4.69, 9.17) is 4.74 Å². The van der Waals surface area contributed by atoms with Gasteiger partial charge in [-0.1, -0.05) is 19.1 Å². The van der Waals surface area contributed by atoms with E-state index < -0.39 is 11.8 Å². The lowest BCUT2D eigenvalue weighted by atomic mass is 9.80. The van der Waals surface area contributed by atoms with Gasteiger partial charge in [0.1, 0.15) is 23.1 Å². The molecule has 2 rings (SSSR count). The van der Waals surface area contributed by atoms with Gasteiger partial charge in [0.05, 0.1) is 31.9 Å². The maximum atomic E-state index is 13.2. The van der Waals surface area contributed by atoms with E-state index in [1.54, 1.807) is 15.8 Å². The second-order valence-corrected chi connectivity index (χ2v) is 9.77. The smallest absolute Gasteiger partial charge is 0.224 e. The predicted molar refractivity (Wildman–Crippen MR) is 132 cm³/mol.